The lowest BCUT2D eigenvalue weighted by molar-refractivity contribution is 0.177. The smallest absolute Gasteiger partial charge is 0.263 e. The molecule has 0 aliphatic heterocycles. The number of hydrogen-bond acceptors (Lipinski definition) is 7. The Morgan fingerprint density at radius 1 is 1.39 bits per heavy atom. The number of benzene rings is 1. The molecule has 1 aromatic heterocycles. The summed E-state index contributed by atoms with van der Waals surface area (Å²) in [7, 11) is 1.84. The molecule has 174 valence electrons. The van der Waals surface area contributed by atoms with E-state index in [1.54, 1.807) is 13.1 Å². The van der Waals surface area contributed by atoms with E-state index in [2.05, 4.69) is 34.9 Å². The second-order valence-electron chi connectivity index (χ2n) is 7.74. The minimum absolute atomic E-state index is 0.0112. The number of nitriles is 1. The predicted molar refractivity (Wildman–Crippen MR) is 132 cm³/mol. The molecule has 0 radical (unpaired) electrons. The van der Waals surface area contributed by atoms with Crippen molar-refractivity contribution >= 4 is 28.8 Å². The summed E-state index contributed by atoms with van der Waals surface area (Å²) in [5, 5.41) is 21.4. The first-order valence-electron chi connectivity index (χ1n) is 10.9. The number of ether oxygens (including phenoxy) is 1. The number of aliphatic hydroxyl groups excluding tert-OH is 1. The lowest BCUT2D eigenvalue weighted by Gasteiger charge is -2.19. The van der Waals surface area contributed by atoms with E-state index in [0.29, 0.717) is 41.7 Å². The highest BCUT2D eigenvalue weighted by Crippen LogP contribution is 2.27. The summed E-state index contributed by atoms with van der Waals surface area (Å²) in [5.74, 6) is 1.25. The SMILES string of the molecule is [CH+]=C(NC(C)O)c1ccc(OC(CC)CCC(=C)c2nc(N(C)CCC#N)ncc2Cl)cc1. The Labute approximate surface area is 201 Å². The van der Waals surface area contributed by atoms with Crippen LogP contribution in [-0.2, 0) is 0 Å². The van der Waals surface area contributed by atoms with Crippen LogP contribution in [0.3, 0.4) is 0 Å². The van der Waals surface area contributed by atoms with Crippen LogP contribution in [0.2, 0.25) is 5.02 Å². The van der Waals surface area contributed by atoms with Crippen LogP contribution in [0.1, 0.15) is 50.8 Å². The molecule has 0 amide bonds. The summed E-state index contributed by atoms with van der Waals surface area (Å²) in [4.78, 5) is 10.6. The van der Waals surface area contributed by atoms with Gasteiger partial charge in [-0.05, 0) is 31.8 Å². The number of nitrogens with zero attached hydrogens (tertiary/aromatic N) is 4. The Morgan fingerprint density at radius 2 is 2.09 bits per heavy atom. The van der Waals surface area contributed by atoms with Crippen molar-refractivity contribution in [1.82, 2.24) is 15.3 Å². The van der Waals surface area contributed by atoms with E-state index < -0.39 is 6.23 Å². The molecule has 0 saturated heterocycles. The van der Waals surface area contributed by atoms with Crippen LogP contribution in [0.4, 0.5) is 5.95 Å². The molecule has 2 rings (SSSR count). The molecule has 0 spiro atoms. The van der Waals surface area contributed by atoms with E-state index >= 15 is 0 Å². The fourth-order valence-electron chi connectivity index (χ4n) is 3.12. The normalized spacial score (nSPS) is 12.3. The van der Waals surface area contributed by atoms with Gasteiger partial charge in [-0.25, -0.2) is 9.97 Å². The molecule has 0 bridgehead atoms. The van der Waals surface area contributed by atoms with Crippen LogP contribution < -0.4 is 15.0 Å². The molecule has 33 heavy (non-hydrogen) atoms. The topological polar surface area (TPSA) is 94.3 Å². The van der Waals surface area contributed by atoms with Gasteiger partial charge in [-0.15, -0.1) is 0 Å². The van der Waals surface area contributed by atoms with Crippen LogP contribution in [0.25, 0.3) is 11.3 Å². The van der Waals surface area contributed by atoms with Gasteiger partial charge >= 0.3 is 0 Å². The summed E-state index contributed by atoms with van der Waals surface area (Å²) in [6.45, 7) is 14.3. The van der Waals surface area contributed by atoms with Gasteiger partial charge in [0.15, 0.2) is 0 Å². The maximum Gasteiger partial charge on any atom is 0.263 e. The van der Waals surface area contributed by atoms with Crippen molar-refractivity contribution in [3.63, 3.8) is 0 Å². The first-order chi connectivity index (χ1) is 15.7. The first kappa shape index (κ1) is 26.1. The summed E-state index contributed by atoms with van der Waals surface area (Å²) in [6.07, 6.45) is 3.45. The van der Waals surface area contributed by atoms with Crippen molar-refractivity contribution in [2.24, 2.45) is 0 Å². The molecule has 1 heterocycles. The molecule has 7 nitrogen and oxygen atoms in total. The van der Waals surface area contributed by atoms with Crippen molar-refractivity contribution in [3.05, 3.63) is 59.9 Å². The molecule has 0 fully saturated rings. The van der Waals surface area contributed by atoms with Crippen LogP contribution in [0, 0.1) is 17.9 Å². The number of allylic oxidation sites excluding steroid dienone is 1. The van der Waals surface area contributed by atoms with Gasteiger partial charge in [-0.1, -0.05) is 25.1 Å². The summed E-state index contributed by atoms with van der Waals surface area (Å²) in [5.41, 5.74) is 2.60. The van der Waals surface area contributed by atoms with E-state index in [1.165, 1.54) is 0 Å². The number of aliphatic hydroxyl groups is 1. The van der Waals surface area contributed by atoms with E-state index in [9.17, 15) is 5.11 Å². The van der Waals surface area contributed by atoms with E-state index in [-0.39, 0.29) is 6.10 Å². The fraction of sp³-hybridized carbons (Fsp3) is 0.400. The van der Waals surface area contributed by atoms with E-state index in [1.807, 2.05) is 36.2 Å². The van der Waals surface area contributed by atoms with Gasteiger partial charge in [0.05, 0.1) is 42.1 Å². The van der Waals surface area contributed by atoms with Crippen LogP contribution in [-0.4, -0.2) is 41.0 Å². The third-order valence-corrected chi connectivity index (χ3v) is 5.30. The number of rotatable bonds is 13. The lowest BCUT2D eigenvalue weighted by atomic mass is 10.0. The monoisotopic (exact) mass is 468 g/mol. The van der Waals surface area contributed by atoms with Gasteiger partial charge in [0.25, 0.3) is 5.70 Å². The Hall–Kier alpha value is -3.17. The zero-order chi connectivity index (χ0) is 24.4. The number of halogens is 1. The van der Waals surface area contributed by atoms with Crippen molar-refractivity contribution in [3.8, 4) is 11.8 Å². The number of anilines is 1. The van der Waals surface area contributed by atoms with Crippen molar-refractivity contribution in [2.75, 3.05) is 18.5 Å². The number of nitrogens with one attached hydrogen (secondary N) is 1. The van der Waals surface area contributed by atoms with Crippen LogP contribution >= 0.6 is 11.6 Å². The maximum atomic E-state index is 9.40. The predicted octanol–water partition coefficient (Wildman–Crippen LogP) is 4.83. The molecule has 0 aliphatic rings. The van der Waals surface area contributed by atoms with Gasteiger partial charge in [-0.3, -0.25) is 0 Å². The summed E-state index contributed by atoms with van der Waals surface area (Å²) >= 11 is 6.33. The molecule has 1 aromatic carbocycles. The molecular formula is C25H31ClN5O2+. The van der Waals surface area contributed by atoms with E-state index in [4.69, 9.17) is 28.2 Å². The van der Waals surface area contributed by atoms with Gasteiger partial charge in [0.2, 0.25) is 5.95 Å². The van der Waals surface area contributed by atoms with Crippen molar-refractivity contribution in [2.45, 2.75) is 51.9 Å². The zero-order valence-electron chi connectivity index (χ0n) is 19.4. The Kier molecular flexibility index (Phi) is 10.1. The summed E-state index contributed by atoms with van der Waals surface area (Å²) in [6, 6.07) is 9.52. The highest BCUT2D eigenvalue weighted by molar-refractivity contribution is 6.32. The highest BCUT2D eigenvalue weighted by Gasteiger charge is 2.16. The zero-order valence-corrected chi connectivity index (χ0v) is 20.1. The van der Waals surface area contributed by atoms with Gasteiger partial charge < -0.3 is 20.1 Å². The third-order valence-electron chi connectivity index (χ3n) is 5.02. The first-order valence-corrected chi connectivity index (χ1v) is 11.3. The van der Waals surface area contributed by atoms with Gasteiger partial charge in [0.1, 0.15) is 17.5 Å². The van der Waals surface area contributed by atoms with E-state index in [0.717, 1.165) is 29.7 Å². The molecule has 2 unspecified atom stereocenters. The Morgan fingerprint density at radius 3 is 2.70 bits per heavy atom. The second-order valence-corrected chi connectivity index (χ2v) is 8.15. The standard InChI is InChI=1S/C25H31ClN5O2/c1-6-21(33-22-12-9-20(10-13-22)18(3)29-19(4)32)11-8-17(2)24-23(26)16-28-25(30-24)31(5)15-7-14-27/h3,9-10,12-13,16,19,21,29,32H,2,6-8,11,15H2,1,4-5H3/q+1. The average Bonchev–Trinajstić information content (AvgIpc) is 2.80. The molecular weight excluding hydrogens is 438 g/mol. The van der Waals surface area contributed by atoms with Crippen molar-refractivity contribution in [1.29, 1.82) is 5.26 Å². The number of aromatic nitrogens is 2. The van der Waals surface area contributed by atoms with Crippen molar-refractivity contribution < 1.29 is 9.84 Å². The maximum absolute atomic E-state index is 9.40. The number of hydrogen-bond donors (Lipinski definition) is 2. The minimum Gasteiger partial charge on any atom is -0.490 e. The van der Waals surface area contributed by atoms with Gasteiger partial charge in [-0.2, -0.15) is 5.26 Å². The minimum atomic E-state index is -0.726. The molecule has 2 atom stereocenters. The van der Waals surface area contributed by atoms with Crippen LogP contribution in [0.5, 0.6) is 5.75 Å². The summed E-state index contributed by atoms with van der Waals surface area (Å²) < 4.78 is 6.14. The molecule has 0 aliphatic carbocycles. The highest BCUT2D eigenvalue weighted by atomic mass is 35.5. The molecule has 2 N–H and O–H groups in total. The quantitative estimate of drug-likeness (QED) is 0.321. The Balaban J connectivity index is 1.98. The lowest BCUT2D eigenvalue weighted by Crippen LogP contribution is -2.23. The van der Waals surface area contributed by atoms with Crippen LogP contribution in [0.15, 0.2) is 37.0 Å². The molecule has 8 heteroatoms. The largest absolute Gasteiger partial charge is 0.490 e. The average molecular weight is 469 g/mol. The Bertz CT molecular complexity index is 985. The molecule has 0 saturated carbocycles. The third kappa shape index (κ3) is 8.03. The fourth-order valence-corrected chi connectivity index (χ4v) is 3.35. The molecule has 2 aromatic rings. The second kappa shape index (κ2) is 12.8. The van der Waals surface area contributed by atoms with Gasteiger partial charge in [0, 0.05) is 37.9 Å².